The number of nitrogens with one attached hydrogen (secondary N) is 1. The minimum Gasteiger partial charge on any atom is -0.459 e. The van der Waals surface area contributed by atoms with Crippen molar-refractivity contribution >= 4 is 40.1 Å². The fourth-order valence-corrected chi connectivity index (χ4v) is 2.89. The third-order valence-corrected chi connectivity index (χ3v) is 4.18. The Hall–Kier alpha value is -3.14. The number of ether oxygens (including phenoxy) is 1. The Balaban J connectivity index is 1.81. The van der Waals surface area contributed by atoms with Gasteiger partial charge in [-0.25, -0.2) is 4.98 Å². The van der Waals surface area contributed by atoms with E-state index in [0.29, 0.717) is 10.9 Å². The quantitative estimate of drug-likeness (QED) is 0.577. The zero-order chi connectivity index (χ0) is 23.0. The summed E-state index contributed by atoms with van der Waals surface area (Å²) in [6.45, 7) is 5.12. The van der Waals surface area contributed by atoms with Crippen molar-refractivity contribution < 1.29 is 27.5 Å². The lowest BCUT2D eigenvalue weighted by Crippen LogP contribution is -2.26. The Morgan fingerprint density at radius 3 is 2.55 bits per heavy atom. The van der Waals surface area contributed by atoms with Gasteiger partial charge in [-0.15, -0.1) is 0 Å². The summed E-state index contributed by atoms with van der Waals surface area (Å²) in [5.74, 6) is -1.33. The third-order valence-electron chi connectivity index (χ3n) is 3.87. The molecule has 1 N–H and O–H groups in total. The van der Waals surface area contributed by atoms with Crippen LogP contribution >= 0.6 is 11.6 Å². The zero-order valence-electron chi connectivity index (χ0n) is 16.7. The summed E-state index contributed by atoms with van der Waals surface area (Å²) in [6.07, 6.45) is -3.11. The molecule has 0 radical (unpaired) electrons. The first-order valence-electron chi connectivity index (χ1n) is 9.06. The van der Waals surface area contributed by atoms with Crippen LogP contribution in [0.25, 0.3) is 10.9 Å². The molecule has 1 amide bonds. The number of aromatic nitrogens is 3. The molecule has 11 heteroatoms. The number of esters is 1. The molecule has 0 unspecified atom stereocenters. The highest BCUT2D eigenvalue weighted by Gasteiger charge is 2.33. The molecule has 31 heavy (non-hydrogen) atoms. The van der Waals surface area contributed by atoms with Crippen LogP contribution in [0.4, 0.5) is 18.9 Å². The van der Waals surface area contributed by atoms with E-state index in [2.05, 4.69) is 15.4 Å². The Bertz CT molecular complexity index is 1150. The molecule has 164 valence electrons. The van der Waals surface area contributed by atoms with E-state index in [1.54, 1.807) is 27.0 Å². The van der Waals surface area contributed by atoms with E-state index in [9.17, 15) is 22.8 Å². The molecule has 0 atom stereocenters. The molecule has 7 nitrogen and oxygen atoms in total. The molecule has 0 fully saturated rings. The lowest BCUT2D eigenvalue weighted by molar-refractivity contribution is -0.155. The van der Waals surface area contributed by atoms with Crippen LogP contribution in [0.1, 0.15) is 37.0 Å². The van der Waals surface area contributed by atoms with Crippen molar-refractivity contribution in [3.05, 3.63) is 52.9 Å². The predicted molar refractivity (Wildman–Crippen MR) is 108 cm³/mol. The smallest absolute Gasteiger partial charge is 0.433 e. The van der Waals surface area contributed by atoms with Gasteiger partial charge in [0.15, 0.2) is 0 Å². The van der Waals surface area contributed by atoms with Gasteiger partial charge < -0.3 is 10.1 Å². The highest BCUT2D eigenvalue weighted by molar-refractivity contribution is 6.34. The van der Waals surface area contributed by atoms with E-state index in [-0.39, 0.29) is 17.3 Å². The fraction of sp³-hybridized carbons (Fsp3) is 0.300. The van der Waals surface area contributed by atoms with Crippen LogP contribution in [0.2, 0.25) is 5.02 Å². The Morgan fingerprint density at radius 2 is 1.90 bits per heavy atom. The van der Waals surface area contributed by atoms with Gasteiger partial charge in [0, 0.05) is 11.6 Å². The summed E-state index contributed by atoms with van der Waals surface area (Å²) in [7, 11) is 0. The molecule has 0 aliphatic heterocycles. The standard InChI is InChI=1S/C20H18ClF3N4O3/c1-19(2,3)31-17(29)10-28-9-11-7-15(12(21)8-14(11)27-28)26-18(30)13-5-4-6-16(25-13)20(22,23)24/h4-9H,10H2,1-3H3,(H,26,30). The maximum Gasteiger partial charge on any atom is 0.433 e. The zero-order valence-corrected chi connectivity index (χ0v) is 17.5. The molecule has 0 aliphatic rings. The van der Waals surface area contributed by atoms with Gasteiger partial charge in [-0.05, 0) is 45.0 Å². The van der Waals surface area contributed by atoms with E-state index in [1.807, 2.05) is 0 Å². The molecular formula is C20H18ClF3N4O3. The number of benzene rings is 1. The number of pyridine rings is 1. The average Bonchev–Trinajstić information content (AvgIpc) is 3.00. The van der Waals surface area contributed by atoms with Crippen molar-refractivity contribution in [3.8, 4) is 0 Å². The number of carbonyl (C=O) groups excluding carboxylic acids is 2. The second kappa shape index (κ2) is 8.18. The highest BCUT2D eigenvalue weighted by Crippen LogP contribution is 2.29. The van der Waals surface area contributed by atoms with E-state index >= 15 is 0 Å². The van der Waals surface area contributed by atoms with Crippen molar-refractivity contribution in [2.45, 2.75) is 39.1 Å². The Labute approximate surface area is 180 Å². The van der Waals surface area contributed by atoms with Crippen LogP contribution in [-0.4, -0.2) is 32.2 Å². The van der Waals surface area contributed by atoms with Crippen molar-refractivity contribution in [2.75, 3.05) is 5.32 Å². The molecule has 1 aromatic carbocycles. The maximum atomic E-state index is 12.8. The number of hydrogen-bond acceptors (Lipinski definition) is 5. The second-order valence-electron chi connectivity index (χ2n) is 7.66. The van der Waals surface area contributed by atoms with Gasteiger partial charge >= 0.3 is 12.1 Å². The number of halogens is 4. The van der Waals surface area contributed by atoms with Gasteiger partial charge in [-0.2, -0.15) is 18.3 Å². The van der Waals surface area contributed by atoms with E-state index in [0.717, 1.165) is 18.2 Å². The van der Waals surface area contributed by atoms with Crippen molar-refractivity contribution in [1.29, 1.82) is 0 Å². The highest BCUT2D eigenvalue weighted by atomic mass is 35.5. The normalized spacial score (nSPS) is 12.1. The predicted octanol–water partition coefficient (Wildman–Crippen LogP) is 4.70. The molecule has 3 rings (SSSR count). The first-order valence-corrected chi connectivity index (χ1v) is 9.44. The van der Waals surface area contributed by atoms with Crippen LogP contribution in [-0.2, 0) is 22.3 Å². The number of anilines is 1. The Kier molecular flexibility index (Phi) is 5.95. The lowest BCUT2D eigenvalue weighted by atomic mass is 10.2. The summed E-state index contributed by atoms with van der Waals surface area (Å²) >= 11 is 6.18. The molecule has 0 aliphatic carbocycles. The molecule has 2 heterocycles. The van der Waals surface area contributed by atoms with Crippen LogP contribution < -0.4 is 5.32 Å². The van der Waals surface area contributed by atoms with E-state index < -0.39 is 35.0 Å². The number of hydrogen-bond donors (Lipinski definition) is 1. The SMILES string of the molecule is CC(C)(C)OC(=O)Cn1cc2cc(NC(=O)c3cccc(C(F)(F)F)n3)c(Cl)cc2n1. The first-order chi connectivity index (χ1) is 14.3. The van der Waals surface area contributed by atoms with Crippen LogP contribution in [0.3, 0.4) is 0 Å². The third kappa shape index (κ3) is 5.72. The largest absolute Gasteiger partial charge is 0.459 e. The van der Waals surface area contributed by atoms with Gasteiger partial charge in [-0.1, -0.05) is 17.7 Å². The van der Waals surface area contributed by atoms with Gasteiger partial charge in [-0.3, -0.25) is 14.3 Å². The van der Waals surface area contributed by atoms with Crippen molar-refractivity contribution in [2.24, 2.45) is 0 Å². The maximum absolute atomic E-state index is 12.8. The molecule has 0 saturated carbocycles. The second-order valence-corrected chi connectivity index (χ2v) is 8.07. The summed E-state index contributed by atoms with van der Waals surface area (Å²) in [4.78, 5) is 27.7. The molecule has 3 aromatic rings. The molecule has 0 saturated heterocycles. The summed E-state index contributed by atoms with van der Waals surface area (Å²) in [5.41, 5.74) is -1.60. The van der Waals surface area contributed by atoms with Crippen molar-refractivity contribution in [3.63, 3.8) is 0 Å². The van der Waals surface area contributed by atoms with Crippen LogP contribution in [0, 0.1) is 0 Å². The van der Waals surface area contributed by atoms with Crippen LogP contribution in [0.15, 0.2) is 36.5 Å². The number of rotatable bonds is 4. The Morgan fingerprint density at radius 1 is 1.19 bits per heavy atom. The molecule has 0 bridgehead atoms. The van der Waals surface area contributed by atoms with Gasteiger partial charge in [0.05, 0.1) is 16.2 Å². The number of alkyl halides is 3. The van der Waals surface area contributed by atoms with Gasteiger partial charge in [0.2, 0.25) is 0 Å². The fourth-order valence-electron chi connectivity index (χ4n) is 2.69. The number of amides is 1. The van der Waals surface area contributed by atoms with Crippen molar-refractivity contribution in [1.82, 2.24) is 14.8 Å². The molecule has 0 spiro atoms. The summed E-state index contributed by atoms with van der Waals surface area (Å²) < 4.78 is 45.1. The van der Waals surface area contributed by atoms with E-state index in [4.69, 9.17) is 16.3 Å². The van der Waals surface area contributed by atoms with E-state index in [1.165, 1.54) is 16.8 Å². The monoisotopic (exact) mass is 454 g/mol. The number of carbonyl (C=O) groups is 2. The summed E-state index contributed by atoms with van der Waals surface area (Å²) in [5, 5.41) is 7.37. The number of nitrogens with zero attached hydrogens (tertiary/aromatic N) is 3. The van der Waals surface area contributed by atoms with Crippen LogP contribution in [0.5, 0.6) is 0 Å². The number of fused-ring (bicyclic) bond motifs is 1. The molecule has 2 aromatic heterocycles. The average molecular weight is 455 g/mol. The summed E-state index contributed by atoms with van der Waals surface area (Å²) in [6, 6.07) is 6.00. The first kappa shape index (κ1) is 22.5. The minimum atomic E-state index is -4.67. The van der Waals surface area contributed by atoms with Gasteiger partial charge in [0.1, 0.15) is 23.5 Å². The van der Waals surface area contributed by atoms with Gasteiger partial charge in [0.25, 0.3) is 5.91 Å². The topological polar surface area (TPSA) is 86.1 Å². The molecular weight excluding hydrogens is 437 g/mol. The lowest BCUT2D eigenvalue weighted by Gasteiger charge is -2.19. The minimum absolute atomic E-state index is 0.121.